The fourth-order valence-electron chi connectivity index (χ4n) is 3.77. The van der Waals surface area contributed by atoms with Crippen molar-refractivity contribution in [3.05, 3.63) is 46.2 Å². The van der Waals surface area contributed by atoms with Gasteiger partial charge in [-0.2, -0.15) is 0 Å². The number of halogens is 1. The van der Waals surface area contributed by atoms with Crippen LogP contribution in [0.3, 0.4) is 0 Å². The molecule has 0 spiro atoms. The number of ether oxygens (including phenoxy) is 1. The van der Waals surface area contributed by atoms with Crippen LogP contribution in [0, 0.1) is 13.8 Å². The number of amides is 1. The van der Waals surface area contributed by atoms with E-state index in [0.717, 1.165) is 5.69 Å². The summed E-state index contributed by atoms with van der Waals surface area (Å²) < 4.78 is 33.2. The van der Waals surface area contributed by atoms with Gasteiger partial charge in [-0.1, -0.05) is 17.7 Å². The van der Waals surface area contributed by atoms with E-state index < -0.39 is 22.5 Å². The molecule has 0 aliphatic carbocycles. The lowest BCUT2D eigenvalue weighted by molar-refractivity contribution is -0.130. The molecule has 2 heterocycles. The first-order valence-corrected chi connectivity index (χ1v) is 12.1. The van der Waals surface area contributed by atoms with E-state index in [9.17, 15) is 18.0 Å². The largest absolute Gasteiger partial charge is 0.462 e. The van der Waals surface area contributed by atoms with Crippen LogP contribution in [0.2, 0.25) is 5.02 Å². The van der Waals surface area contributed by atoms with Gasteiger partial charge in [-0.05, 0) is 39.0 Å². The van der Waals surface area contributed by atoms with Gasteiger partial charge in [-0.25, -0.2) is 17.9 Å². The molecule has 1 aromatic carbocycles. The summed E-state index contributed by atoms with van der Waals surface area (Å²) in [6, 6.07) is 7.51. The molecule has 0 unspecified atom stereocenters. The first-order valence-electron chi connectivity index (χ1n) is 10.3. The standard InChI is InChI=1S/C21H27ClN4O5S/c1-4-31-21(28)19-14(2)24-15(3)20(19)32(29,30)23-13-18(27)26-10-8-25(9-11-26)17-7-5-6-16(22)12-17/h5-7,12,23-24H,4,8-11,13H2,1-3H3. The molecule has 0 atom stereocenters. The van der Waals surface area contributed by atoms with E-state index in [1.54, 1.807) is 31.7 Å². The van der Waals surface area contributed by atoms with Crippen LogP contribution < -0.4 is 9.62 Å². The van der Waals surface area contributed by atoms with Gasteiger partial charge in [0.05, 0.1) is 13.2 Å². The minimum atomic E-state index is -4.11. The van der Waals surface area contributed by atoms with Crippen LogP contribution in [0.25, 0.3) is 0 Å². The Morgan fingerprint density at radius 3 is 2.47 bits per heavy atom. The Balaban J connectivity index is 1.63. The second kappa shape index (κ2) is 9.93. The number of aryl methyl sites for hydroxylation is 2. The Bertz CT molecular complexity index is 1110. The third kappa shape index (κ3) is 5.25. The summed E-state index contributed by atoms with van der Waals surface area (Å²) in [6.45, 7) is 6.67. The molecule has 32 heavy (non-hydrogen) atoms. The Hall–Kier alpha value is -2.56. The summed E-state index contributed by atoms with van der Waals surface area (Å²) in [5, 5.41) is 0.646. The van der Waals surface area contributed by atoms with Crippen molar-refractivity contribution in [2.24, 2.45) is 0 Å². The van der Waals surface area contributed by atoms with E-state index in [2.05, 4.69) is 14.6 Å². The number of nitrogens with one attached hydrogen (secondary N) is 2. The Morgan fingerprint density at radius 1 is 1.16 bits per heavy atom. The molecule has 2 N–H and O–H groups in total. The average Bonchev–Trinajstić information content (AvgIpc) is 3.07. The van der Waals surface area contributed by atoms with Gasteiger partial charge < -0.3 is 19.5 Å². The molecule has 1 aromatic heterocycles. The number of nitrogens with zero attached hydrogens (tertiary/aromatic N) is 2. The van der Waals surface area contributed by atoms with Crippen molar-refractivity contribution in [2.45, 2.75) is 25.7 Å². The van der Waals surface area contributed by atoms with Crippen LogP contribution in [0.4, 0.5) is 5.69 Å². The molecule has 174 valence electrons. The summed E-state index contributed by atoms with van der Waals surface area (Å²) in [6.07, 6.45) is 0. The van der Waals surface area contributed by atoms with Gasteiger partial charge in [-0.3, -0.25) is 4.79 Å². The molecule has 3 rings (SSSR count). The van der Waals surface area contributed by atoms with E-state index in [-0.39, 0.29) is 23.0 Å². The fourth-order valence-corrected chi connectivity index (χ4v) is 5.37. The highest BCUT2D eigenvalue weighted by Crippen LogP contribution is 2.25. The summed E-state index contributed by atoms with van der Waals surface area (Å²) in [7, 11) is -4.11. The number of piperazine rings is 1. The van der Waals surface area contributed by atoms with Crippen molar-refractivity contribution in [2.75, 3.05) is 44.2 Å². The predicted octanol–water partition coefficient (Wildman–Crippen LogP) is 2.09. The van der Waals surface area contributed by atoms with Crippen molar-refractivity contribution in [3.63, 3.8) is 0 Å². The highest BCUT2D eigenvalue weighted by molar-refractivity contribution is 7.89. The van der Waals surface area contributed by atoms with Gasteiger partial charge in [0.15, 0.2) is 0 Å². The van der Waals surface area contributed by atoms with Gasteiger partial charge in [0, 0.05) is 48.3 Å². The van der Waals surface area contributed by atoms with E-state index >= 15 is 0 Å². The molecule has 0 radical (unpaired) electrons. The monoisotopic (exact) mass is 482 g/mol. The van der Waals surface area contributed by atoms with Crippen LogP contribution in [-0.4, -0.2) is 69.5 Å². The predicted molar refractivity (Wildman–Crippen MR) is 122 cm³/mol. The topological polar surface area (TPSA) is 112 Å². The third-order valence-corrected chi connectivity index (χ3v) is 7.09. The molecule has 1 aliphatic rings. The van der Waals surface area contributed by atoms with Crippen molar-refractivity contribution < 1.29 is 22.7 Å². The molecule has 1 aliphatic heterocycles. The number of hydrogen-bond donors (Lipinski definition) is 2. The number of carbonyl (C=O) groups is 2. The van der Waals surface area contributed by atoms with Gasteiger partial charge >= 0.3 is 5.97 Å². The summed E-state index contributed by atoms with van der Waals surface area (Å²) in [5.74, 6) is -1.06. The van der Waals surface area contributed by atoms with Crippen LogP contribution in [0.1, 0.15) is 28.7 Å². The maximum Gasteiger partial charge on any atom is 0.341 e. The molecule has 9 nitrogen and oxygen atoms in total. The molecule has 0 saturated carbocycles. The highest BCUT2D eigenvalue weighted by atomic mass is 35.5. The average molecular weight is 483 g/mol. The van der Waals surface area contributed by atoms with E-state index in [4.69, 9.17) is 16.3 Å². The maximum atomic E-state index is 12.9. The number of H-pyrrole nitrogens is 1. The summed E-state index contributed by atoms with van der Waals surface area (Å²) in [4.78, 5) is 31.3. The zero-order valence-corrected chi connectivity index (χ0v) is 19.8. The minimum Gasteiger partial charge on any atom is -0.462 e. The normalized spacial score (nSPS) is 14.5. The van der Waals surface area contributed by atoms with Crippen LogP contribution >= 0.6 is 11.6 Å². The van der Waals surface area contributed by atoms with Gasteiger partial charge in [0.2, 0.25) is 15.9 Å². The van der Waals surface area contributed by atoms with Crippen molar-refractivity contribution in [3.8, 4) is 0 Å². The van der Waals surface area contributed by atoms with Crippen LogP contribution in [0.15, 0.2) is 29.2 Å². The molecular formula is C21H27ClN4O5S. The quantitative estimate of drug-likeness (QED) is 0.584. The highest BCUT2D eigenvalue weighted by Gasteiger charge is 2.31. The minimum absolute atomic E-state index is 0.0422. The number of carbonyl (C=O) groups excluding carboxylic acids is 2. The number of hydrogen-bond acceptors (Lipinski definition) is 6. The third-order valence-electron chi connectivity index (χ3n) is 5.29. The Morgan fingerprint density at radius 2 is 1.84 bits per heavy atom. The second-order valence-electron chi connectivity index (χ2n) is 7.47. The molecule has 1 amide bonds. The number of rotatable bonds is 7. The lowest BCUT2D eigenvalue weighted by atomic mass is 10.2. The van der Waals surface area contributed by atoms with Gasteiger partial charge in [0.25, 0.3) is 0 Å². The molecule has 0 bridgehead atoms. The molecule has 11 heteroatoms. The number of esters is 1. The smallest absolute Gasteiger partial charge is 0.341 e. The van der Waals surface area contributed by atoms with Crippen LogP contribution in [-0.2, 0) is 19.6 Å². The zero-order chi connectivity index (χ0) is 23.5. The first kappa shape index (κ1) is 24.1. The number of anilines is 1. The SMILES string of the molecule is CCOC(=O)c1c(C)[nH]c(C)c1S(=O)(=O)NCC(=O)N1CCN(c2cccc(Cl)c2)CC1. The van der Waals surface area contributed by atoms with Crippen molar-refractivity contribution >= 4 is 39.2 Å². The van der Waals surface area contributed by atoms with E-state index in [1.807, 2.05) is 18.2 Å². The number of sulfonamides is 1. The number of benzene rings is 1. The first-order chi connectivity index (χ1) is 15.1. The summed E-state index contributed by atoms with van der Waals surface area (Å²) >= 11 is 6.05. The lowest BCUT2D eigenvalue weighted by Gasteiger charge is -2.36. The van der Waals surface area contributed by atoms with Crippen LogP contribution in [0.5, 0.6) is 0 Å². The molecular weight excluding hydrogens is 456 g/mol. The van der Waals surface area contributed by atoms with Crippen molar-refractivity contribution in [1.82, 2.24) is 14.6 Å². The second-order valence-corrected chi connectivity index (χ2v) is 9.61. The fraction of sp³-hybridized carbons (Fsp3) is 0.429. The van der Waals surface area contributed by atoms with E-state index in [0.29, 0.717) is 42.6 Å². The molecule has 1 fully saturated rings. The molecule has 2 aromatic rings. The number of aromatic amines is 1. The lowest BCUT2D eigenvalue weighted by Crippen LogP contribution is -2.51. The number of aromatic nitrogens is 1. The van der Waals surface area contributed by atoms with Crippen molar-refractivity contribution in [1.29, 1.82) is 0 Å². The zero-order valence-electron chi connectivity index (χ0n) is 18.3. The van der Waals surface area contributed by atoms with Gasteiger partial charge in [-0.15, -0.1) is 0 Å². The molecule has 1 saturated heterocycles. The Kier molecular flexibility index (Phi) is 7.47. The Labute approximate surface area is 192 Å². The summed E-state index contributed by atoms with van der Waals surface area (Å²) in [5.41, 5.74) is 1.64. The van der Waals surface area contributed by atoms with Gasteiger partial charge in [0.1, 0.15) is 10.5 Å². The maximum absolute atomic E-state index is 12.9. The van der Waals surface area contributed by atoms with E-state index in [1.165, 1.54) is 0 Å².